The Morgan fingerprint density at radius 2 is 2.00 bits per heavy atom. The van der Waals surface area contributed by atoms with Gasteiger partial charge in [0.15, 0.2) is 0 Å². The van der Waals surface area contributed by atoms with E-state index in [0.29, 0.717) is 0 Å². The zero-order chi connectivity index (χ0) is 13.0. The van der Waals surface area contributed by atoms with Gasteiger partial charge in [0.1, 0.15) is 0 Å². The third-order valence-corrected chi connectivity index (χ3v) is 3.44. The first-order valence-electron chi connectivity index (χ1n) is 6.04. The van der Waals surface area contributed by atoms with E-state index in [9.17, 15) is 0 Å². The zero-order valence-corrected chi connectivity index (χ0v) is 12.0. The van der Waals surface area contributed by atoms with Gasteiger partial charge in [-0.15, -0.1) is 0 Å². The molecule has 0 spiro atoms. The Kier molecular flexibility index (Phi) is 4.50. The third kappa shape index (κ3) is 3.65. The average Bonchev–Trinajstić information content (AvgIpc) is 2.32. The van der Waals surface area contributed by atoms with E-state index in [-0.39, 0.29) is 6.04 Å². The molecule has 2 N–H and O–H groups in total. The minimum atomic E-state index is 0.127. The summed E-state index contributed by atoms with van der Waals surface area (Å²) < 4.78 is 1.00. The van der Waals surface area contributed by atoms with Crippen LogP contribution in [0.4, 0.5) is 0 Å². The van der Waals surface area contributed by atoms with Crippen LogP contribution in [0.3, 0.4) is 0 Å². The van der Waals surface area contributed by atoms with Crippen LogP contribution >= 0.6 is 15.9 Å². The highest BCUT2D eigenvalue weighted by Crippen LogP contribution is 2.14. The van der Waals surface area contributed by atoms with Crippen molar-refractivity contribution in [2.75, 3.05) is 0 Å². The van der Waals surface area contributed by atoms with E-state index in [1.807, 2.05) is 6.20 Å². The topological polar surface area (TPSA) is 38.9 Å². The first kappa shape index (κ1) is 13.2. The third-order valence-electron chi connectivity index (χ3n) is 3.00. The number of nitrogens with zero attached hydrogens (tertiary/aromatic N) is 1. The number of rotatable bonds is 4. The van der Waals surface area contributed by atoms with Crippen LogP contribution in [0, 0.1) is 6.92 Å². The number of nitrogens with two attached hydrogens (primary N) is 1. The molecule has 3 heteroatoms. The summed E-state index contributed by atoms with van der Waals surface area (Å²) in [5.74, 6) is 0. The molecule has 1 aromatic carbocycles. The van der Waals surface area contributed by atoms with Gasteiger partial charge in [-0.2, -0.15) is 0 Å². The average molecular weight is 305 g/mol. The van der Waals surface area contributed by atoms with Crippen LogP contribution in [0.15, 0.2) is 47.2 Å². The van der Waals surface area contributed by atoms with Crippen molar-refractivity contribution in [2.45, 2.75) is 25.8 Å². The maximum absolute atomic E-state index is 6.21. The minimum Gasteiger partial charge on any atom is -0.327 e. The molecule has 1 heterocycles. The summed E-state index contributed by atoms with van der Waals surface area (Å²) in [6, 6.07) is 10.6. The van der Waals surface area contributed by atoms with Gasteiger partial charge in [-0.1, -0.05) is 24.3 Å². The van der Waals surface area contributed by atoms with Gasteiger partial charge in [-0.25, -0.2) is 0 Å². The summed E-state index contributed by atoms with van der Waals surface area (Å²) in [7, 11) is 0. The summed E-state index contributed by atoms with van der Waals surface area (Å²) in [5.41, 5.74) is 10.0. The van der Waals surface area contributed by atoms with E-state index in [2.05, 4.69) is 58.2 Å². The van der Waals surface area contributed by atoms with Crippen LogP contribution in [0.2, 0.25) is 0 Å². The molecule has 0 bridgehead atoms. The fourth-order valence-corrected chi connectivity index (χ4v) is 2.48. The lowest BCUT2D eigenvalue weighted by Gasteiger charge is -2.13. The second-order valence-corrected chi connectivity index (χ2v) is 5.52. The Hall–Kier alpha value is -1.19. The molecule has 0 amide bonds. The number of hydrogen-bond donors (Lipinski definition) is 1. The molecule has 2 rings (SSSR count). The van der Waals surface area contributed by atoms with Gasteiger partial charge in [0.2, 0.25) is 0 Å². The molecule has 2 nitrogen and oxygen atoms in total. The number of pyridine rings is 1. The summed E-state index contributed by atoms with van der Waals surface area (Å²) >= 11 is 3.43. The van der Waals surface area contributed by atoms with Crippen molar-refractivity contribution >= 4 is 15.9 Å². The summed E-state index contributed by atoms with van der Waals surface area (Å²) in [6.07, 6.45) is 5.42. The molecule has 0 saturated carbocycles. The van der Waals surface area contributed by atoms with Crippen LogP contribution in [0.5, 0.6) is 0 Å². The van der Waals surface area contributed by atoms with Gasteiger partial charge in [0.05, 0.1) is 0 Å². The highest BCUT2D eigenvalue weighted by Gasteiger charge is 2.07. The Bertz CT molecular complexity index is 525. The molecule has 0 radical (unpaired) electrons. The minimum absolute atomic E-state index is 0.127. The fraction of sp³-hybridized carbons (Fsp3) is 0.267. The van der Waals surface area contributed by atoms with E-state index in [1.165, 1.54) is 16.7 Å². The van der Waals surface area contributed by atoms with Crippen molar-refractivity contribution in [3.63, 3.8) is 0 Å². The number of aromatic nitrogens is 1. The Balaban J connectivity index is 2.01. The van der Waals surface area contributed by atoms with Crippen LogP contribution in [0.1, 0.15) is 16.7 Å². The standard InChI is InChI=1S/C15H17BrN2/c1-11-4-2-3-5-13(11)8-15(17)7-12-6-14(16)10-18-9-12/h2-6,9-10,15H,7-8,17H2,1H3. The lowest BCUT2D eigenvalue weighted by Crippen LogP contribution is -2.25. The van der Waals surface area contributed by atoms with Crippen LogP contribution < -0.4 is 5.73 Å². The first-order valence-corrected chi connectivity index (χ1v) is 6.84. The molecular weight excluding hydrogens is 288 g/mol. The van der Waals surface area contributed by atoms with Gasteiger partial charge >= 0.3 is 0 Å². The van der Waals surface area contributed by atoms with Crippen LogP contribution in [-0.2, 0) is 12.8 Å². The van der Waals surface area contributed by atoms with E-state index in [4.69, 9.17) is 5.73 Å². The molecule has 0 fully saturated rings. The molecule has 0 aliphatic rings. The van der Waals surface area contributed by atoms with Gasteiger partial charge in [-0.3, -0.25) is 4.98 Å². The van der Waals surface area contributed by atoms with Crippen molar-refractivity contribution in [3.8, 4) is 0 Å². The van der Waals surface area contributed by atoms with Crippen molar-refractivity contribution in [2.24, 2.45) is 5.73 Å². The summed E-state index contributed by atoms with van der Waals surface area (Å²) in [5, 5.41) is 0. The van der Waals surface area contributed by atoms with E-state index >= 15 is 0 Å². The lowest BCUT2D eigenvalue weighted by atomic mass is 9.98. The van der Waals surface area contributed by atoms with E-state index < -0.39 is 0 Å². The SMILES string of the molecule is Cc1ccccc1CC(N)Cc1cncc(Br)c1. The molecule has 1 unspecified atom stereocenters. The van der Waals surface area contributed by atoms with E-state index in [1.54, 1.807) is 6.20 Å². The molecular formula is C15H17BrN2. The summed E-state index contributed by atoms with van der Waals surface area (Å²) in [6.45, 7) is 2.13. The molecule has 94 valence electrons. The largest absolute Gasteiger partial charge is 0.327 e. The van der Waals surface area contributed by atoms with Crippen LogP contribution in [-0.4, -0.2) is 11.0 Å². The molecule has 1 atom stereocenters. The quantitative estimate of drug-likeness (QED) is 0.941. The smallest absolute Gasteiger partial charge is 0.0410 e. The second kappa shape index (κ2) is 6.12. The maximum Gasteiger partial charge on any atom is 0.0410 e. The monoisotopic (exact) mass is 304 g/mol. The zero-order valence-electron chi connectivity index (χ0n) is 10.4. The van der Waals surface area contributed by atoms with Crippen molar-refractivity contribution in [1.82, 2.24) is 4.98 Å². The molecule has 0 aliphatic heterocycles. The van der Waals surface area contributed by atoms with Gasteiger partial charge in [0, 0.05) is 22.9 Å². The van der Waals surface area contributed by atoms with Crippen molar-refractivity contribution < 1.29 is 0 Å². The first-order chi connectivity index (χ1) is 8.65. The number of halogens is 1. The molecule has 18 heavy (non-hydrogen) atoms. The number of benzene rings is 1. The highest BCUT2D eigenvalue weighted by atomic mass is 79.9. The molecule has 0 aliphatic carbocycles. The van der Waals surface area contributed by atoms with Crippen molar-refractivity contribution in [3.05, 3.63) is 63.9 Å². The molecule has 1 aromatic heterocycles. The normalized spacial score (nSPS) is 12.4. The predicted octanol–water partition coefficient (Wildman–Crippen LogP) is 3.27. The second-order valence-electron chi connectivity index (χ2n) is 4.61. The number of aryl methyl sites for hydroxylation is 1. The summed E-state index contributed by atoms with van der Waals surface area (Å²) in [4.78, 5) is 4.16. The van der Waals surface area contributed by atoms with Gasteiger partial charge < -0.3 is 5.73 Å². The van der Waals surface area contributed by atoms with Crippen LogP contribution in [0.25, 0.3) is 0 Å². The fourth-order valence-electron chi connectivity index (χ4n) is 2.06. The van der Waals surface area contributed by atoms with Gasteiger partial charge in [-0.05, 0) is 58.5 Å². The predicted molar refractivity (Wildman–Crippen MR) is 78.5 cm³/mol. The highest BCUT2D eigenvalue weighted by molar-refractivity contribution is 9.10. The Morgan fingerprint density at radius 3 is 2.72 bits per heavy atom. The maximum atomic E-state index is 6.21. The Morgan fingerprint density at radius 1 is 1.22 bits per heavy atom. The molecule has 2 aromatic rings. The number of hydrogen-bond acceptors (Lipinski definition) is 2. The van der Waals surface area contributed by atoms with Gasteiger partial charge in [0.25, 0.3) is 0 Å². The van der Waals surface area contributed by atoms with Crippen molar-refractivity contribution in [1.29, 1.82) is 0 Å². The van der Waals surface area contributed by atoms with E-state index in [0.717, 1.165) is 17.3 Å². The Labute approximate surface area is 116 Å². The molecule has 0 saturated heterocycles. The lowest BCUT2D eigenvalue weighted by molar-refractivity contribution is 0.661.